The fraction of sp³-hybridized carbons (Fsp3) is 0.429. The van der Waals surface area contributed by atoms with E-state index in [9.17, 15) is 8.42 Å². The summed E-state index contributed by atoms with van der Waals surface area (Å²) in [7, 11) is -2.26. The molecule has 6 heteroatoms. The molecule has 27 heavy (non-hydrogen) atoms. The Morgan fingerprint density at radius 3 is 2.07 bits per heavy atom. The third kappa shape index (κ3) is 5.79. The molecule has 2 aromatic carbocycles. The molecule has 0 spiro atoms. The van der Waals surface area contributed by atoms with Gasteiger partial charge in [-0.3, -0.25) is 4.55 Å². The van der Waals surface area contributed by atoms with E-state index < -0.39 is 10.1 Å². The van der Waals surface area contributed by atoms with E-state index in [4.69, 9.17) is 9.29 Å². The molecular weight excluding hydrogens is 362 g/mol. The molecular formula is C21H29NO4S. The van der Waals surface area contributed by atoms with Crippen LogP contribution in [-0.2, 0) is 15.5 Å². The number of methoxy groups -OCH3 is 1. The molecule has 3 rings (SSSR count). The molecule has 0 amide bonds. The van der Waals surface area contributed by atoms with Crippen molar-refractivity contribution in [3.63, 3.8) is 0 Å². The highest BCUT2D eigenvalue weighted by Crippen LogP contribution is 2.34. The molecule has 1 aliphatic heterocycles. The highest BCUT2D eigenvalue weighted by atomic mass is 32.2. The first kappa shape index (κ1) is 21.4. The summed E-state index contributed by atoms with van der Waals surface area (Å²) in [6, 6.07) is 12.6. The fourth-order valence-corrected chi connectivity index (χ4v) is 3.30. The zero-order valence-electron chi connectivity index (χ0n) is 16.6. The zero-order chi connectivity index (χ0) is 20.2. The molecule has 0 aliphatic carbocycles. The molecule has 1 aliphatic rings. The fourth-order valence-electron chi connectivity index (χ4n) is 2.82. The van der Waals surface area contributed by atoms with Gasteiger partial charge in [-0.25, -0.2) is 0 Å². The maximum atomic E-state index is 10.5. The number of benzene rings is 2. The van der Waals surface area contributed by atoms with Crippen molar-refractivity contribution in [2.24, 2.45) is 0 Å². The monoisotopic (exact) mass is 391 g/mol. The predicted octanol–water partition coefficient (Wildman–Crippen LogP) is 3.92. The normalized spacial score (nSPS) is 14.7. The average Bonchev–Trinajstić information content (AvgIpc) is 2.52. The Bertz CT molecular complexity index is 864. The van der Waals surface area contributed by atoms with E-state index in [1.165, 1.54) is 23.3 Å². The molecule has 5 nitrogen and oxygen atoms in total. The highest BCUT2D eigenvalue weighted by molar-refractivity contribution is 7.85. The largest absolute Gasteiger partial charge is 0.496 e. The first-order chi connectivity index (χ1) is 12.5. The number of hydrogen-bond acceptors (Lipinski definition) is 4. The van der Waals surface area contributed by atoms with Crippen LogP contribution in [0.15, 0.2) is 47.4 Å². The van der Waals surface area contributed by atoms with E-state index in [1.54, 1.807) is 19.2 Å². The topological polar surface area (TPSA) is 75.6 Å². The van der Waals surface area contributed by atoms with Crippen LogP contribution in [0.3, 0.4) is 0 Å². The lowest BCUT2D eigenvalue weighted by Gasteiger charge is -2.29. The minimum absolute atomic E-state index is 0.0666. The van der Waals surface area contributed by atoms with Crippen LogP contribution in [-0.4, -0.2) is 33.2 Å². The van der Waals surface area contributed by atoms with Gasteiger partial charge < -0.3 is 10.1 Å². The summed E-state index contributed by atoms with van der Waals surface area (Å²) < 4.78 is 35.1. The molecule has 1 saturated heterocycles. The van der Waals surface area contributed by atoms with Crippen molar-refractivity contribution in [3.8, 4) is 5.75 Å². The van der Waals surface area contributed by atoms with Crippen molar-refractivity contribution in [3.05, 3.63) is 59.2 Å². The Labute approximate surface area is 162 Å². The smallest absolute Gasteiger partial charge is 0.294 e. The lowest BCUT2D eigenvalue weighted by atomic mass is 9.84. The number of aryl methyl sites for hydroxylation is 1. The molecule has 0 bridgehead atoms. The Kier molecular flexibility index (Phi) is 6.68. The molecule has 1 heterocycles. The van der Waals surface area contributed by atoms with Crippen molar-refractivity contribution in [1.82, 2.24) is 5.32 Å². The lowest BCUT2D eigenvalue weighted by molar-refractivity contribution is 0.393. The standard InChI is InChI=1S/C14H21NO.C7H8O3S/c1-14(2,3)12-6-5-10(7-13(12)16-4)11-8-15-9-11;1-6-2-4-7(5-3-6)11(8,9)10/h5-7,11,15H,8-9H2,1-4H3;2-5H,1H3,(H,8,9,10). The summed E-state index contributed by atoms with van der Waals surface area (Å²) in [5.74, 6) is 1.69. The van der Waals surface area contributed by atoms with Crippen molar-refractivity contribution in [2.75, 3.05) is 20.2 Å². The molecule has 2 N–H and O–H groups in total. The van der Waals surface area contributed by atoms with Gasteiger partial charge in [-0.2, -0.15) is 8.42 Å². The summed E-state index contributed by atoms with van der Waals surface area (Å²) in [6.45, 7) is 10.7. The van der Waals surface area contributed by atoms with Gasteiger partial charge in [0.25, 0.3) is 10.1 Å². The van der Waals surface area contributed by atoms with Crippen LogP contribution >= 0.6 is 0 Å². The third-order valence-corrected chi connectivity index (χ3v) is 5.47. The van der Waals surface area contributed by atoms with Crippen molar-refractivity contribution in [1.29, 1.82) is 0 Å². The van der Waals surface area contributed by atoms with E-state index >= 15 is 0 Å². The van der Waals surface area contributed by atoms with Crippen LogP contribution in [0.2, 0.25) is 0 Å². The van der Waals surface area contributed by atoms with Crippen molar-refractivity contribution in [2.45, 2.75) is 43.9 Å². The van der Waals surface area contributed by atoms with Gasteiger partial charge in [0.2, 0.25) is 0 Å². The second-order valence-electron chi connectivity index (χ2n) is 7.85. The number of hydrogen-bond donors (Lipinski definition) is 2. The second kappa shape index (κ2) is 8.42. The van der Waals surface area contributed by atoms with Crippen LogP contribution in [0, 0.1) is 6.92 Å². The van der Waals surface area contributed by atoms with E-state index in [0.29, 0.717) is 5.92 Å². The van der Waals surface area contributed by atoms with E-state index in [1.807, 2.05) is 6.92 Å². The molecule has 0 atom stereocenters. The maximum Gasteiger partial charge on any atom is 0.294 e. The van der Waals surface area contributed by atoms with Gasteiger partial charge in [-0.15, -0.1) is 0 Å². The Hall–Kier alpha value is -1.89. The zero-order valence-corrected chi connectivity index (χ0v) is 17.4. The SMILES string of the molecule is COc1cc(C2CNC2)ccc1C(C)(C)C.Cc1ccc(S(=O)(=O)O)cc1. The first-order valence-electron chi connectivity index (χ1n) is 8.95. The van der Waals surface area contributed by atoms with Gasteiger partial charge in [-0.05, 0) is 41.7 Å². The van der Waals surface area contributed by atoms with E-state index in [0.717, 1.165) is 24.4 Å². The van der Waals surface area contributed by atoms with E-state index in [-0.39, 0.29) is 10.3 Å². The average molecular weight is 392 g/mol. The molecule has 0 radical (unpaired) electrons. The molecule has 0 aromatic heterocycles. The number of rotatable bonds is 3. The highest BCUT2D eigenvalue weighted by Gasteiger charge is 2.23. The molecule has 1 fully saturated rings. The molecule has 148 valence electrons. The van der Waals surface area contributed by atoms with Gasteiger partial charge in [0.15, 0.2) is 0 Å². The predicted molar refractivity (Wildman–Crippen MR) is 108 cm³/mol. The second-order valence-corrected chi connectivity index (χ2v) is 9.27. The van der Waals surface area contributed by atoms with Gasteiger partial charge >= 0.3 is 0 Å². The van der Waals surface area contributed by atoms with Crippen LogP contribution in [0.1, 0.15) is 43.4 Å². The minimum Gasteiger partial charge on any atom is -0.496 e. The van der Waals surface area contributed by atoms with Crippen LogP contribution in [0.5, 0.6) is 5.75 Å². The van der Waals surface area contributed by atoms with Crippen LogP contribution < -0.4 is 10.1 Å². The van der Waals surface area contributed by atoms with Gasteiger partial charge in [0.1, 0.15) is 5.75 Å². The summed E-state index contributed by atoms with van der Waals surface area (Å²) in [4.78, 5) is -0.0666. The van der Waals surface area contributed by atoms with Crippen molar-refractivity contribution >= 4 is 10.1 Å². The van der Waals surface area contributed by atoms with E-state index in [2.05, 4.69) is 44.3 Å². The number of nitrogens with one attached hydrogen (secondary N) is 1. The first-order valence-corrected chi connectivity index (χ1v) is 10.4. The Morgan fingerprint density at radius 1 is 1.07 bits per heavy atom. The quantitative estimate of drug-likeness (QED) is 0.776. The van der Waals surface area contributed by atoms with Gasteiger partial charge in [0, 0.05) is 19.0 Å². The van der Waals surface area contributed by atoms with Crippen LogP contribution in [0.25, 0.3) is 0 Å². The molecule has 0 saturated carbocycles. The number of ether oxygens (including phenoxy) is 1. The summed E-state index contributed by atoms with van der Waals surface area (Å²) >= 11 is 0. The molecule has 0 unspecified atom stereocenters. The van der Waals surface area contributed by atoms with Gasteiger partial charge in [0.05, 0.1) is 12.0 Å². The Morgan fingerprint density at radius 2 is 1.67 bits per heavy atom. The molecule has 2 aromatic rings. The Balaban J connectivity index is 0.000000208. The minimum atomic E-state index is -4.02. The maximum absolute atomic E-state index is 10.5. The summed E-state index contributed by atoms with van der Waals surface area (Å²) in [5, 5.41) is 3.30. The third-order valence-electron chi connectivity index (χ3n) is 4.61. The van der Waals surface area contributed by atoms with Gasteiger partial charge in [-0.1, -0.05) is 50.6 Å². The lowest BCUT2D eigenvalue weighted by Crippen LogP contribution is -2.39. The summed E-state index contributed by atoms with van der Waals surface area (Å²) in [6.07, 6.45) is 0. The summed E-state index contributed by atoms with van der Waals surface area (Å²) in [5.41, 5.74) is 3.77. The van der Waals surface area contributed by atoms with Crippen LogP contribution in [0.4, 0.5) is 0 Å². The van der Waals surface area contributed by atoms with Crippen molar-refractivity contribution < 1.29 is 17.7 Å².